The second-order valence-electron chi connectivity index (χ2n) is 30.0. The monoisotopic (exact) mass is 1530 g/mol. The van der Waals surface area contributed by atoms with Gasteiger partial charge in [-0.05, 0) is 233 Å². The zero-order valence-corrected chi connectivity index (χ0v) is 67.1. The Morgan fingerprint density at radius 2 is 0.929 bits per heavy atom. The van der Waals surface area contributed by atoms with Gasteiger partial charge in [-0.25, -0.2) is 31.3 Å². The molecule has 3 aliphatic heterocycles. The summed E-state index contributed by atoms with van der Waals surface area (Å²) in [6, 6.07) is 9.21. The van der Waals surface area contributed by atoms with Crippen LogP contribution >= 0.6 is 15.9 Å². The third kappa shape index (κ3) is 19.6. The van der Waals surface area contributed by atoms with E-state index in [4.69, 9.17) is 23.7 Å². The first-order chi connectivity index (χ1) is 47.0. The van der Waals surface area contributed by atoms with Crippen molar-refractivity contribution in [3.05, 3.63) is 85.0 Å². The number of H-pyrrole nitrogens is 1. The van der Waals surface area contributed by atoms with Gasteiger partial charge >= 0.3 is 29.6 Å². The summed E-state index contributed by atoms with van der Waals surface area (Å²) in [5, 5.41) is 26.2. The summed E-state index contributed by atoms with van der Waals surface area (Å²) >= 11 is 0.873. The number of hydrogen-bond donors (Lipinski definition) is 4. The number of halogens is 1. The summed E-state index contributed by atoms with van der Waals surface area (Å²) in [4.78, 5) is 13.0. The molecule has 0 bridgehead atoms. The number of ether oxygens (including phenoxy) is 5. The van der Waals surface area contributed by atoms with E-state index >= 15 is 0 Å². The van der Waals surface area contributed by atoms with Crippen LogP contribution < -0.4 is 45.5 Å². The van der Waals surface area contributed by atoms with Gasteiger partial charge in [-0.1, -0.05) is 73.4 Å². The largest absolute Gasteiger partial charge is 1.00 e. The molecule has 4 N–H and O–H groups in total. The standard InChI is InChI=1S/C25H38N4O4SSi.C20H30N4O3SSi.C19H24N4O3S.C5H9BrO.Na/c1-35(2,3)14-13-32-17-29-24(27-25(28-29)34(30,31)16-20-9-6-12-33-20)26-23-21-10-4-7-18(21)15-19-8-5-11-22(19)23;1-29(2,3)11-10-27-13-24-19(22-20(23-24)28(25)26)21-18-16-8-4-6-14(16)12-15-7-5-9-17(15)18;24-27(25,11-14-6-3-9-26-14)19-21-18(22-23-19)20-17-15-7-1-4-12(15)10-13-5-2-8-16(13)17;6-4-5-2-1-3-7-5;/h15,20H,4-14,16-17H2,1-3H3,(H,26,27,28);12H,4-11,13H2,1-3H3,(H,25,26)(H,21,22,23);10,14H,1-9,11H2,(H2,20,21,22,23);5H,1-4H2;/q;;;;+1/p-1. The molecule has 0 radical (unpaired) electrons. The van der Waals surface area contributed by atoms with Crippen LogP contribution in [0.1, 0.15) is 144 Å². The van der Waals surface area contributed by atoms with Crippen LogP contribution in [-0.4, -0.2) is 155 Å². The molecule has 0 spiro atoms. The molecular formula is C69H100BrN12NaO11S3Si2. The molecule has 0 saturated carbocycles. The first kappa shape index (κ1) is 76.3. The molecule has 536 valence electrons. The number of sulfone groups is 2. The Hall–Kier alpha value is -3.80. The Bertz CT molecular complexity index is 3960. The van der Waals surface area contributed by atoms with Crippen LogP contribution in [0.15, 0.2) is 33.7 Å². The topological polar surface area (TPSA) is 294 Å². The molecule has 99 heavy (non-hydrogen) atoms. The van der Waals surface area contributed by atoms with E-state index in [-0.39, 0.29) is 82.2 Å². The van der Waals surface area contributed by atoms with Crippen LogP contribution in [0, 0.1) is 0 Å². The third-order valence-corrected chi connectivity index (χ3v) is 27.8. The molecule has 3 fully saturated rings. The molecular weight excluding hydrogens is 1430 g/mol. The van der Waals surface area contributed by atoms with Gasteiger partial charge in [-0.15, -0.1) is 15.3 Å². The number of rotatable bonds is 24. The van der Waals surface area contributed by atoms with Gasteiger partial charge in [0.2, 0.25) is 47.8 Å². The molecule has 9 aliphatic rings. The number of aromatic amines is 1. The quantitative estimate of drug-likeness (QED) is 0.0190. The summed E-state index contributed by atoms with van der Waals surface area (Å²) in [5.74, 6) is 1.08. The number of alkyl halides is 1. The van der Waals surface area contributed by atoms with E-state index in [9.17, 15) is 25.6 Å². The molecule has 23 nitrogen and oxygen atoms in total. The second kappa shape index (κ2) is 34.0. The molecule has 4 atom stereocenters. The van der Waals surface area contributed by atoms with E-state index in [2.05, 4.69) is 125 Å². The van der Waals surface area contributed by atoms with Gasteiger partial charge in [-0.2, -0.15) is 15.0 Å². The Balaban J connectivity index is 0.000000143. The minimum absolute atomic E-state index is 0. The molecule has 3 aromatic carbocycles. The van der Waals surface area contributed by atoms with Gasteiger partial charge < -0.3 is 44.2 Å². The van der Waals surface area contributed by atoms with Gasteiger partial charge in [0, 0.05) is 82.7 Å². The summed E-state index contributed by atoms with van der Waals surface area (Å²) in [5.41, 5.74) is 19.9. The smallest absolute Gasteiger partial charge is 0.766 e. The Morgan fingerprint density at radius 1 is 0.545 bits per heavy atom. The van der Waals surface area contributed by atoms with E-state index in [0.717, 1.165) is 170 Å². The maximum Gasteiger partial charge on any atom is 1.00 e. The van der Waals surface area contributed by atoms with Crippen LogP contribution in [0.5, 0.6) is 0 Å². The summed E-state index contributed by atoms with van der Waals surface area (Å²) in [6.45, 7) is 17.7. The fraction of sp³-hybridized carbons (Fsp3) is 0.652. The average molecular weight is 1530 g/mol. The van der Waals surface area contributed by atoms with Gasteiger partial charge in [0.1, 0.15) is 13.5 Å². The van der Waals surface area contributed by atoms with Crippen molar-refractivity contribution in [3.8, 4) is 0 Å². The molecule has 6 heterocycles. The van der Waals surface area contributed by atoms with Gasteiger partial charge in [0.25, 0.3) is 5.16 Å². The molecule has 4 unspecified atom stereocenters. The fourth-order valence-electron chi connectivity index (χ4n) is 14.9. The number of fused-ring (bicyclic) bond motifs is 6. The number of nitrogens with zero attached hydrogens (tertiary/aromatic N) is 8. The Morgan fingerprint density at radius 3 is 1.30 bits per heavy atom. The third-order valence-electron chi connectivity index (χ3n) is 20.1. The van der Waals surface area contributed by atoms with Crippen LogP contribution in [0.4, 0.5) is 34.9 Å². The van der Waals surface area contributed by atoms with Gasteiger partial charge in [0.15, 0.2) is 0 Å². The number of aryl methyl sites for hydroxylation is 6. The van der Waals surface area contributed by atoms with Crippen molar-refractivity contribution in [1.29, 1.82) is 0 Å². The normalized spacial score (nSPS) is 19.9. The van der Waals surface area contributed by atoms with E-state index < -0.39 is 46.9 Å². The van der Waals surface area contributed by atoms with Crippen molar-refractivity contribution in [2.45, 2.75) is 253 Å². The predicted molar refractivity (Wildman–Crippen MR) is 388 cm³/mol. The molecule has 3 saturated heterocycles. The number of nitrogens with one attached hydrogen (secondary N) is 4. The second-order valence-corrected chi connectivity index (χ2v) is 46.6. The van der Waals surface area contributed by atoms with Crippen LogP contribution in [0.25, 0.3) is 0 Å². The number of anilines is 6. The van der Waals surface area contributed by atoms with Crippen molar-refractivity contribution in [1.82, 2.24) is 44.7 Å². The predicted octanol–water partition coefficient (Wildman–Crippen LogP) is 8.86. The summed E-state index contributed by atoms with van der Waals surface area (Å²) in [7, 11) is -9.63. The maximum atomic E-state index is 13.2. The SMILES string of the molecule is BrCC1CCCO1.C[Si](C)(C)CCOCn1nc(S(=O)(=O)CC2CCCO2)nc1Nc1c2c(cc3c1CCC3)CCC2.C[Si](C)(C)CCOCn1nc(S(=O)[O-])nc1Nc1c2c(cc3c1CCC3)CCC2.O=S(=O)(CC1CCCO1)c1nc(Nc2c3c(cc4c2CCC4)CCC3)n[nH]1.[Na+]. The zero-order chi connectivity index (χ0) is 68.8. The van der Waals surface area contributed by atoms with Gasteiger partial charge in [0.05, 0.1) is 29.8 Å². The zero-order valence-electron chi connectivity index (χ0n) is 59.1. The fourth-order valence-corrected chi connectivity index (χ4v) is 19.9. The summed E-state index contributed by atoms with van der Waals surface area (Å²) < 4.78 is 106. The van der Waals surface area contributed by atoms with E-state index in [1.165, 1.54) is 97.1 Å². The molecule has 0 amide bonds. The first-order valence-electron chi connectivity index (χ1n) is 35.8. The summed E-state index contributed by atoms with van der Waals surface area (Å²) in [6.07, 6.45) is 25.7. The number of aromatic nitrogens is 9. The number of benzene rings is 3. The Kier molecular flexibility index (Phi) is 26.2. The van der Waals surface area contributed by atoms with Crippen molar-refractivity contribution >= 4 is 97.7 Å². The minimum atomic E-state index is -3.67. The molecule has 15 rings (SSSR count). The van der Waals surface area contributed by atoms with Crippen LogP contribution in [-0.2, 0) is 145 Å². The van der Waals surface area contributed by atoms with Crippen molar-refractivity contribution in [3.63, 3.8) is 0 Å². The number of hydrogen-bond acceptors (Lipinski definition) is 20. The maximum absolute atomic E-state index is 13.2. The van der Waals surface area contributed by atoms with Crippen LogP contribution in [0.3, 0.4) is 0 Å². The Labute approximate surface area is 619 Å². The van der Waals surface area contributed by atoms with E-state index in [1.807, 2.05) is 0 Å². The van der Waals surface area contributed by atoms with Crippen molar-refractivity contribution < 1.29 is 78.8 Å². The molecule has 30 heteroatoms. The molecule has 6 aromatic rings. The van der Waals surface area contributed by atoms with Crippen LogP contribution in [0.2, 0.25) is 51.4 Å². The van der Waals surface area contributed by atoms with E-state index in [0.29, 0.717) is 50.4 Å². The minimum Gasteiger partial charge on any atom is -0.766 e. The first-order valence-corrected chi connectivity index (χ1v) is 48.7. The van der Waals surface area contributed by atoms with Gasteiger partial charge in [-0.3, -0.25) is 4.21 Å². The van der Waals surface area contributed by atoms with Crippen molar-refractivity contribution in [2.24, 2.45) is 0 Å². The van der Waals surface area contributed by atoms with E-state index in [1.54, 1.807) is 4.68 Å². The van der Waals surface area contributed by atoms with Crippen molar-refractivity contribution in [2.75, 3.05) is 65.8 Å². The molecule has 3 aromatic heterocycles. The average Bonchev–Trinajstić information content (AvgIpc) is 1.65. The molecule has 6 aliphatic carbocycles.